The van der Waals surface area contributed by atoms with E-state index in [4.69, 9.17) is 0 Å². The molecule has 2 aliphatic carbocycles. The van der Waals surface area contributed by atoms with E-state index in [1.165, 1.54) is 58.4 Å². The van der Waals surface area contributed by atoms with E-state index in [9.17, 15) is 0 Å². The molecule has 0 unspecified atom stereocenters. The van der Waals surface area contributed by atoms with Gasteiger partial charge in [-0.3, -0.25) is 0 Å². The van der Waals surface area contributed by atoms with Crippen molar-refractivity contribution in [2.75, 3.05) is 0 Å². The molecule has 0 saturated heterocycles. The molecule has 4 aromatic carbocycles. The van der Waals surface area contributed by atoms with Gasteiger partial charge in [0.1, 0.15) is 0 Å². The minimum Gasteiger partial charge on any atom is -0.0622 e. The highest BCUT2D eigenvalue weighted by Gasteiger charge is 2.36. The second-order valence-corrected chi connectivity index (χ2v) is 12.3. The first-order chi connectivity index (χ1) is 17.3. The molecule has 0 aliphatic heterocycles. The number of rotatable bonds is 2. The van der Waals surface area contributed by atoms with Crippen LogP contribution in [0.25, 0.3) is 32.7 Å². The van der Waals surface area contributed by atoms with E-state index in [0.717, 1.165) is 0 Å². The fourth-order valence-corrected chi connectivity index (χ4v) is 7.33. The number of fused-ring (bicyclic) bond motifs is 6. The molecule has 0 aromatic heterocycles. The number of hydrogen-bond donors (Lipinski definition) is 0. The molecule has 0 spiro atoms. The Bertz CT molecular complexity index is 1400. The summed E-state index contributed by atoms with van der Waals surface area (Å²) < 4.78 is 0. The SMILES string of the molecule is Cc1ccc2c3c(ccc2c1)CC[C@@H](C(C)C)/C3=C1\c2c(ccc3cc(C)ccc23)CC[C@H]1C(C)C. The Hall–Kier alpha value is -2.86. The number of benzene rings is 4. The van der Waals surface area contributed by atoms with Gasteiger partial charge in [0.2, 0.25) is 0 Å². The zero-order chi connectivity index (χ0) is 25.1. The maximum atomic E-state index is 2.45. The summed E-state index contributed by atoms with van der Waals surface area (Å²) in [5.41, 5.74) is 12.3. The van der Waals surface area contributed by atoms with E-state index < -0.39 is 0 Å². The van der Waals surface area contributed by atoms with Gasteiger partial charge < -0.3 is 0 Å². The van der Waals surface area contributed by atoms with E-state index in [1.54, 1.807) is 33.4 Å². The average molecular weight is 473 g/mol. The lowest BCUT2D eigenvalue weighted by Crippen LogP contribution is -2.25. The molecule has 184 valence electrons. The Morgan fingerprint density at radius 1 is 0.556 bits per heavy atom. The van der Waals surface area contributed by atoms with Crippen LogP contribution in [0.1, 0.15) is 73.9 Å². The predicted molar refractivity (Wildman–Crippen MR) is 157 cm³/mol. The van der Waals surface area contributed by atoms with Crippen LogP contribution in [0.3, 0.4) is 0 Å². The third-order valence-electron chi connectivity index (χ3n) is 9.15. The van der Waals surface area contributed by atoms with Crippen molar-refractivity contribution >= 4 is 32.7 Å². The van der Waals surface area contributed by atoms with Crippen LogP contribution in [0.2, 0.25) is 0 Å². The van der Waals surface area contributed by atoms with Gasteiger partial charge in [0, 0.05) is 0 Å². The highest BCUT2D eigenvalue weighted by Crippen LogP contribution is 2.53. The van der Waals surface area contributed by atoms with Crippen LogP contribution in [0.4, 0.5) is 0 Å². The van der Waals surface area contributed by atoms with Crippen molar-refractivity contribution in [3.63, 3.8) is 0 Å². The largest absolute Gasteiger partial charge is 0.0622 e. The minimum absolute atomic E-state index is 0.590. The van der Waals surface area contributed by atoms with Crippen LogP contribution in [0, 0.1) is 37.5 Å². The molecular formula is C36H40. The lowest BCUT2D eigenvalue weighted by atomic mass is 9.64. The molecule has 0 bridgehead atoms. The van der Waals surface area contributed by atoms with Crippen LogP contribution in [-0.4, -0.2) is 0 Å². The van der Waals surface area contributed by atoms with Gasteiger partial charge in [-0.15, -0.1) is 0 Å². The van der Waals surface area contributed by atoms with Crippen LogP contribution in [0.15, 0.2) is 60.7 Å². The van der Waals surface area contributed by atoms with Gasteiger partial charge in [-0.1, -0.05) is 99.5 Å². The summed E-state index contributed by atoms with van der Waals surface area (Å²) in [6.07, 6.45) is 4.88. The third-order valence-corrected chi connectivity index (χ3v) is 9.15. The van der Waals surface area contributed by atoms with E-state index >= 15 is 0 Å². The molecule has 6 rings (SSSR count). The Balaban J connectivity index is 1.79. The van der Waals surface area contributed by atoms with E-state index in [1.807, 2.05) is 0 Å². The van der Waals surface area contributed by atoms with Crippen molar-refractivity contribution in [2.45, 2.75) is 67.2 Å². The monoisotopic (exact) mass is 472 g/mol. The Morgan fingerprint density at radius 3 is 1.36 bits per heavy atom. The van der Waals surface area contributed by atoms with Crippen molar-refractivity contribution in [3.05, 3.63) is 94.0 Å². The average Bonchev–Trinajstić information content (AvgIpc) is 2.86. The summed E-state index contributed by atoms with van der Waals surface area (Å²) in [5.74, 6) is 2.42. The summed E-state index contributed by atoms with van der Waals surface area (Å²) in [6.45, 7) is 14.2. The molecule has 0 fully saturated rings. The second kappa shape index (κ2) is 8.91. The summed E-state index contributed by atoms with van der Waals surface area (Å²) in [7, 11) is 0. The van der Waals surface area contributed by atoms with Crippen LogP contribution < -0.4 is 0 Å². The second-order valence-electron chi connectivity index (χ2n) is 12.3. The lowest BCUT2D eigenvalue weighted by Gasteiger charge is -2.40. The van der Waals surface area contributed by atoms with Crippen LogP contribution in [0.5, 0.6) is 0 Å². The molecule has 36 heavy (non-hydrogen) atoms. The topological polar surface area (TPSA) is 0 Å². The molecule has 0 radical (unpaired) electrons. The smallest absolute Gasteiger partial charge is 0.0105 e. The molecule has 0 nitrogen and oxygen atoms in total. The van der Waals surface area contributed by atoms with E-state index in [0.29, 0.717) is 23.7 Å². The van der Waals surface area contributed by atoms with Gasteiger partial charge >= 0.3 is 0 Å². The van der Waals surface area contributed by atoms with Gasteiger partial charge in [-0.05, 0) is 118 Å². The van der Waals surface area contributed by atoms with Crippen molar-refractivity contribution in [2.24, 2.45) is 23.7 Å². The molecule has 0 N–H and O–H groups in total. The Labute approximate surface area is 217 Å². The first-order valence-corrected chi connectivity index (χ1v) is 14.1. The van der Waals surface area contributed by atoms with Crippen molar-refractivity contribution in [3.8, 4) is 0 Å². The Morgan fingerprint density at radius 2 is 0.972 bits per heavy atom. The number of allylic oxidation sites excluding steroid dienone is 2. The summed E-state index contributed by atoms with van der Waals surface area (Å²) in [4.78, 5) is 0. The molecule has 0 heterocycles. The van der Waals surface area contributed by atoms with Crippen molar-refractivity contribution in [1.29, 1.82) is 0 Å². The molecule has 4 aromatic rings. The number of hydrogen-bond acceptors (Lipinski definition) is 0. The lowest BCUT2D eigenvalue weighted by molar-refractivity contribution is 0.422. The minimum atomic E-state index is 0.590. The van der Waals surface area contributed by atoms with Crippen LogP contribution >= 0.6 is 0 Å². The van der Waals surface area contributed by atoms with E-state index in [-0.39, 0.29) is 0 Å². The van der Waals surface area contributed by atoms with Gasteiger partial charge in [0.25, 0.3) is 0 Å². The molecule has 0 saturated carbocycles. The molecule has 2 atom stereocenters. The predicted octanol–water partition coefficient (Wildman–Crippen LogP) is 9.96. The maximum Gasteiger partial charge on any atom is -0.0105 e. The standard InChI is InChI=1S/C36H40/c1-21(2)29-17-13-25-9-11-27-19-23(5)7-15-31(27)33(25)35(29)36-30(22(3)4)18-14-26-10-12-28-20-24(6)8-16-32(28)34(26)36/h7-12,15-16,19-22,29-30H,13-14,17-18H2,1-6H3/b36-35+/t29-,30-/m0/s1. The normalized spacial score (nSPS) is 21.9. The first-order valence-electron chi connectivity index (χ1n) is 14.1. The zero-order valence-electron chi connectivity index (χ0n) is 22.9. The fraction of sp³-hybridized carbons (Fsp3) is 0.389. The van der Waals surface area contributed by atoms with Gasteiger partial charge in [-0.2, -0.15) is 0 Å². The molecule has 0 heteroatoms. The van der Waals surface area contributed by atoms with Gasteiger partial charge in [0.15, 0.2) is 0 Å². The van der Waals surface area contributed by atoms with Crippen molar-refractivity contribution in [1.82, 2.24) is 0 Å². The highest BCUT2D eigenvalue weighted by molar-refractivity contribution is 6.09. The summed E-state index contributed by atoms with van der Waals surface area (Å²) in [5, 5.41) is 5.69. The maximum absolute atomic E-state index is 2.45. The highest BCUT2D eigenvalue weighted by atomic mass is 14.4. The summed E-state index contributed by atoms with van der Waals surface area (Å²) >= 11 is 0. The zero-order valence-corrected chi connectivity index (χ0v) is 22.9. The molecule has 0 amide bonds. The molecule has 2 aliphatic rings. The van der Waals surface area contributed by atoms with Crippen molar-refractivity contribution < 1.29 is 0 Å². The summed E-state index contributed by atoms with van der Waals surface area (Å²) in [6, 6.07) is 23.8. The Kier molecular flexibility index (Phi) is 5.83. The van der Waals surface area contributed by atoms with Crippen LogP contribution in [-0.2, 0) is 12.8 Å². The number of aryl methyl sites for hydroxylation is 4. The fourth-order valence-electron chi connectivity index (χ4n) is 7.33. The first kappa shape index (κ1) is 23.5. The van der Waals surface area contributed by atoms with E-state index in [2.05, 4.69) is 102 Å². The quantitative estimate of drug-likeness (QED) is 0.272. The van der Waals surface area contributed by atoms with Gasteiger partial charge in [-0.25, -0.2) is 0 Å². The van der Waals surface area contributed by atoms with Gasteiger partial charge in [0.05, 0.1) is 0 Å². The molecular weight excluding hydrogens is 432 g/mol. The third kappa shape index (κ3) is 3.73.